The fourth-order valence-corrected chi connectivity index (χ4v) is 3.49. The molecule has 9 nitrogen and oxygen atoms in total. The summed E-state index contributed by atoms with van der Waals surface area (Å²) < 4.78 is 0. The van der Waals surface area contributed by atoms with Crippen LogP contribution in [0, 0.1) is 11.8 Å². The molecule has 196 valence electrons. The first-order valence-corrected chi connectivity index (χ1v) is 12.1. The molecule has 0 radical (unpaired) electrons. The van der Waals surface area contributed by atoms with E-state index in [1.165, 1.54) is 0 Å². The van der Waals surface area contributed by atoms with Gasteiger partial charge >= 0.3 is 0 Å². The van der Waals surface area contributed by atoms with Crippen molar-refractivity contribution < 1.29 is 19.6 Å². The van der Waals surface area contributed by atoms with Gasteiger partial charge in [0.15, 0.2) is 0 Å². The number of rotatable bonds is 10. The Kier molecular flexibility index (Phi) is 10.6. The molecule has 0 aliphatic heterocycles. The molecule has 0 spiro atoms. The maximum absolute atomic E-state index is 12.5. The van der Waals surface area contributed by atoms with Crippen LogP contribution in [0.3, 0.4) is 0 Å². The summed E-state index contributed by atoms with van der Waals surface area (Å²) in [4.78, 5) is 36.6. The molecule has 6 N–H and O–H groups in total. The molecule has 2 unspecified atom stereocenters. The lowest BCUT2D eigenvalue weighted by Crippen LogP contribution is -2.55. The third-order valence-corrected chi connectivity index (χ3v) is 5.76. The molecule has 3 rings (SSSR count). The van der Waals surface area contributed by atoms with Gasteiger partial charge in [-0.15, -0.1) is 0 Å². The molecule has 3 aromatic rings. The first kappa shape index (κ1) is 28.1. The second-order valence-corrected chi connectivity index (χ2v) is 8.55. The molecule has 0 saturated heterocycles. The van der Waals surface area contributed by atoms with E-state index in [0.717, 1.165) is 11.1 Å². The molecule has 0 heterocycles. The van der Waals surface area contributed by atoms with Crippen LogP contribution in [0.25, 0.3) is 0 Å². The molecular formula is C29H31N5O4. The lowest BCUT2D eigenvalue weighted by Gasteiger charge is -2.22. The van der Waals surface area contributed by atoms with Crippen LogP contribution in [0.1, 0.15) is 34.0 Å². The summed E-state index contributed by atoms with van der Waals surface area (Å²) in [5.41, 5.74) is 5.19. The molecular weight excluding hydrogens is 482 g/mol. The molecule has 0 aliphatic rings. The number of likely N-dealkylation sites (N-methyl/N-ethyl adjacent to an activating group) is 1. The lowest BCUT2D eigenvalue weighted by molar-refractivity contribution is -0.131. The van der Waals surface area contributed by atoms with Crippen LogP contribution in [0.4, 0.5) is 5.69 Å². The highest BCUT2D eigenvalue weighted by molar-refractivity contribution is 5.97. The van der Waals surface area contributed by atoms with E-state index in [-0.39, 0.29) is 12.5 Å². The van der Waals surface area contributed by atoms with E-state index >= 15 is 0 Å². The van der Waals surface area contributed by atoms with E-state index in [9.17, 15) is 14.4 Å². The molecule has 0 fully saturated rings. The second kappa shape index (κ2) is 14.3. The maximum Gasteiger partial charge on any atom is 0.267 e. The van der Waals surface area contributed by atoms with Gasteiger partial charge in [-0.3, -0.25) is 19.6 Å². The van der Waals surface area contributed by atoms with Gasteiger partial charge in [-0.05, 0) is 68.1 Å². The summed E-state index contributed by atoms with van der Waals surface area (Å²) in [6.45, 7) is 2.53. The molecule has 9 heteroatoms. The zero-order valence-electron chi connectivity index (χ0n) is 21.2. The Morgan fingerprint density at radius 1 is 0.868 bits per heavy atom. The first-order chi connectivity index (χ1) is 18.4. The predicted octanol–water partition coefficient (Wildman–Crippen LogP) is 2.03. The molecule has 0 aromatic heterocycles. The van der Waals surface area contributed by atoms with Crippen molar-refractivity contribution in [3.05, 3.63) is 101 Å². The smallest absolute Gasteiger partial charge is 0.267 e. The number of hydroxylamine groups is 1. The fraction of sp³-hybridized carbons (Fsp3) is 0.207. The van der Waals surface area contributed by atoms with E-state index in [0.29, 0.717) is 23.4 Å². The number of carbonyl (C=O) groups excluding carboxylic acids is 3. The first-order valence-electron chi connectivity index (χ1n) is 12.1. The summed E-state index contributed by atoms with van der Waals surface area (Å²) >= 11 is 0. The van der Waals surface area contributed by atoms with Gasteiger partial charge in [0.25, 0.3) is 11.8 Å². The van der Waals surface area contributed by atoms with Gasteiger partial charge in [-0.25, -0.2) is 5.48 Å². The molecule has 0 aliphatic carbocycles. The lowest BCUT2D eigenvalue weighted by atomic mass is 10.1. The molecule has 3 amide bonds. The monoisotopic (exact) mass is 513 g/mol. The van der Waals surface area contributed by atoms with Gasteiger partial charge in [0, 0.05) is 35.0 Å². The van der Waals surface area contributed by atoms with Crippen LogP contribution in [-0.4, -0.2) is 48.6 Å². The zero-order valence-corrected chi connectivity index (χ0v) is 21.2. The summed E-state index contributed by atoms with van der Waals surface area (Å²) in [6.07, 6.45) is 0. The minimum atomic E-state index is -0.949. The van der Waals surface area contributed by atoms with Crippen molar-refractivity contribution in [1.29, 1.82) is 0 Å². The highest BCUT2D eigenvalue weighted by atomic mass is 16.5. The van der Waals surface area contributed by atoms with Gasteiger partial charge in [-0.1, -0.05) is 42.2 Å². The molecule has 0 saturated carbocycles. The minimum absolute atomic E-state index is 0.132. The summed E-state index contributed by atoms with van der Waals surface area (Å²) in [5.74, 6) is 4.80. The third-order valence-electron chi connectivity index (χ3n) is 5.76. The van der Waals surface area contributed by atoms with Crippen molar-refractivity contribution in [3.63, 3.8) is 0 Å². The largest absolute Gasteiger partial charge is 0.339 e. The number of anilines is 1. The molecule has 3 aromatic carbocycles. The van der Waals surface area contributed by atoms with Crippen molar-refractivity contribution in [2.45, 2.75) is 25.6 Å². The Morgan fingerprint density at radius 2 is 1.47 bits per heavy atom. The Bertz CT molecular complexity index is 1280. The third kappa shape index (κ3) is 8.57. The normalized spacial score (nSPS) is 11.9. The summed E-state index contributed by atoms with van der Waals surface area (Å²) in [7, 11) is 1.65. The van der Waals surface area contributed by atoms with Crippen molar-refractivity contribution in [2.75, 3.05) is 18.9 Å². The highest BCUT2D eigenvalue weighted by Gasteiger charge is 2.26. The van der Waals surface area contributed by atoms with E-state index in [1.807, 2.05) is 42.5 Å². The molecule has 38 heavy (non-hydrogen) atoms. The van der Waals surface area contributed by atoms with Crippen LogP contribution in [0.2, 0.25) is 0 Å². The molecule has 0 bridgehead atoms. The van der Waals surface area contributed by atoms with Crippen molar-refractivity contribution in [1.82, 2.24) is 21.4 Å². The van der Waals surface area contributed by atoms with Gasteiger partial charge in [0.2, 0.25) is 5.91 Å². The Balaban J connectivity index is 1.51. The van der Waals surface area contributed by atoms with Crippen LogP contribution >= 0.6 is 0 Å². The van der Waals surface area contributed by atoms with Crippen LogP contribution in [0.15, 0.2) is 78.9 Å². The average Bonchev–Trinajstić information content (AvgIpc) is 2.95. The number of benzene rings is 3. The van der Waals surface area contributed by atoms with Crippen molar-refractivity contribution >= 4 is 23.4 Å². The number of nitrogens with one attached hydrogen (secondary N) is 5. The number of amides is 3. The van der Waals surface area contributed by atoms with Crippen LogP contribution in [-0.2, 0) is 16.1 Å². The number of carbonyl (C=O) groups is 3. The van der Waals surface area contributed by atoms with E-state index < -0.39 is 23.9 Å². The Morgan fingerprint density at radius 3 is 2.05 bits per heavy atom. The van der Waals surface area contributed by atoms with Crippen molar-refractivity contribution in [2.24, 2.45) is 0 Å². The van der Waals surface area contributed by atoms with E-state index in [2.05, 4.69) is 33.1 Å². The fourth-order valence-electron chi connectivity index (χ4n) is 3.49. The van der Waals surface area contributed by atoms with Crippen LogP contribution in [0.5, 0.6) is 0 Å². The number of hydrogen-bond acceptors (Lipinski definition) is 6. The summed E-state index contributed by atoms with van der Waals surface area (Å²) in [6, 6.07) is 22.4. The maximum atomic E-state index is 12.5. The van der Waals surface area contributed by atoms with E-state index in [4.69, 9.17) is 5.21 Å². The van der Waals surface area contributed by atoms with Crippen LogP contribution < -0.4 is 26.7 Å². The molecule has 2 atom stereocenters. The Labute approximate surface area is 222 Å². The zero-order chi connectivity index (χ0) is 27.3. The highest BCUT2D eigenvalue weighted by Crippen LogP contribution is 2.10. The van der Waals surface area contributed by atoms with Gasteiger partial charge in [0.1, 0.15) is 6.04 Å². The standard InChI is InChI=1S/C29H31N5O4/c1-20(30-2)27(29(37)34-38)33-28(36)24-14-10-21(11-15-24)8-9-22-12-16-25(17-13-22)32-26(35)19-31-18-23-6-4-3-5-7-23/h3-7,10-17,20,27,30-31,38H,18-19H2,1-2H3,(H,32,35)(H,33,36)(H,34,37). The minimum Gasteiger partial charge on any atom is -0.339 e. The second-order valence-electron chi connectivity index (χ2n) is 8.55. The predicted molar refractivity (Wildman–Crippen MR) is 145 cm³/mol. The topological polar surface area (TPSA) is 132 Å². The average molecular weight is 514 g/mol. The SMILES string of the molecule is CNC(C)C(NC(=O)c1ccc(C#Cc2ccc(NC(=O)CNCc3ccccc3)cc2)cc1)C(=O)NO. The Hall–Kier alpha value is -4.49. The van der Waals surface area contributed by atoms with Crippen molar-refractivity contribution in [3.8, 4) is 11.8 Å². The van der Waals surface area contributed by atoms with Gasteiger partial charge in [0.05, 0.1) is 6.54 Å². The van der Waals surface area contributed by atoms with Gasteiger partial charge in [-0.2, -0.15) is 0 Å². The van der Waals surface area contributed by atoms with E-state index in [1.54, 1.807) is 55.8 Å². The summed E-state index contributed by atoms with van der Waals surface area (Å²) in [5, 5.41) is 20.4. The quantitative estimate of drug-likeness (QED) is 0.140. The number of hydrogen-bond donors (Lipinski definition) is 6. The van der Waals surface area contributed by atoms with Gasteiger partial charge < -0.3 is 21.3 Å².